The Bertz CT molecular complexity index is 662. The highest BCUT2D eigenvalue weighted by molar-refractivity contribution is 6.32. The highest BCUT2D eigenvalue weighted by Crippen LogP contribution is 2.27. The van der Waals surface area contributed by atoms with E-state index in [1.54, 1.807) is 12.1 Å². The van der Waals surface area contributed by atoms with Crippen molar-refractivity contribution in [3.63, 3.8) is 0 Å². The van der Waals surface area contributed by atoms with Crippen molar-refractivity contribution in [1.29, 1.82) is 0 Å². The van der Waals surface area contributed by atoms with Gasteiger partial charge >= 0.3 is 0 Å². The van der Waals surface area contributed by atoms with Gasteiger partial charge in [0.25, 0.3) is 5.69 Å². The fraction of sp³-hybridized carbons (Fsp3) is 0.0769. The molecule has 2 aromatic rings. The van der Waals surface area contributed by atoms with Gasteiger partial charge in [0.05, 0.1) is 9.95 Å². The van der Waals surface area contributed by atoms with Crippen molar-refractivity contribution in [3.8, 4) is 5.75 Å². The molecular formula is C13H10Cl2N2O3. The number of aromatic hydroxyl groups is 1. The van der Waals surface area contributed by atoms with E-state index in [0.717, 1.165) is 0 Å². The van der Waals surface area contributed by atoms with Gasteiger partial charge in [0.2, 0.25) is 0 Å². The van der Waals surface area contributed by atoms with Gasteiger partial charge in [0, 0.05) is 29.4 Å². The number of nitrogens with one attached hydrogen (secondary N) is 1. The Kier molecular flexibility index (Phi) is 4.32. The average Bonchev–Trinajstić information content (AvgIpc) is 2.41. The average molecular weight is 313 g/mol. The van der Waals surface area contributed by atoms with E-state index >= 15 is 0 Å². The third-order valence-electron chi connectivity index (χ3n) is 2.67. The number of nitro benzene ring substituents is 1. The molecule has 7 heteroatoms. The number of hydrogen-bond donors (Lipinski definition) is 2. The predicted octanol–water partition coefficient (Wildman–Crippen LogP) is 4.22. The Morgan fingerprint density at radius 1 is 1.15 bits per heavy atom. The summed E-state index contributed by atoms with van der Waals surface area (Å²) in [5, 5.41) is 23.7. The molecule has 0 aliphatic carbocycles. The third-order valence-corrected chi connectivity index (χ3v) is 3.34. The topological polar surface area (TPSA) is 75.4 Å². The van der Waals surface area contributed by atoms with Gasteiger partial charge in [-0.3, -0.25) is 10.1 Å². The Hall–Kier alpha value is -1.98. The summed E-state index contributed by atoms with van der Waals surface area (Å²) < 4.78 is 0. The molecular weight excluding hydrogens is 303 g/mol. The van der Waals surface area contributed by atoms with Gasteiger partial charge in [-0.25, -0.2) is 0 Å². The maximum absolute atomic E-state index is 10.7. The lowest BCUT2D eigenvalue weighted by Crippen LogP contribution is -2.01. The van der Waals surface area contributed by atoms with Crippen molar-refractivity contribution in [3.05, 3.63) is 62.1 Å². The summed E-state index contributed by atoms with van der Waals surface area (Å²) in [6.07, 6.45) is 0. The van der Waals surface area contributed by atoms with Gasteiger partial charge in [-0.15, -0.1) is 0 Å². The summed E-state index contributed by atoms with van der Waals surface area (Å²) >= 11 is 11.8. The summed E-state index contributed by atoms with van der Waals surface area (Å²) in [6, 6.07) is 8.91. The van der Waals surface area contributed by atoms with Gasteiger partial charge < -0.3 is 10.4 Å². The lowest BCUT2D eigenvalue weighted by molar-refractivity contribution is -0.384. The van der Waals surface area contributed by atoms with Gasteiger partial charge in [0.15, 0.2) is 0 Å². The quantitative estimate of drug-likeness (QED) is 0.503. The zero-order chi connectivity index (χ0) is 14.7. The van der Waals surface area contributed by atoms with Gasteiger partial charge in [-0.2, -0.15) is 0 Å². The maximum Gasteiger partial charge on any atom is 0.269 e. The molecule has 0 radical (unpaired) electrons. The van der Waals surface area contributed by atoms with E-state index in [0.29, 0.717) is 22.8 Å². The predicted molar refractivity (Wildman–Crippen MR) is 78.5 cm³/mol. The molecule has 2 N–H and O–H groups in total. The highest BCUT2D eigenvalue weighted by Gasteiger charge is 2.09. The summed E-state index contributed by atoms with van der Waals surface area (Å²) in [7, 11) is 0. The Labute approximate surface area is 124 Å². The van der Waals surface area contributed by atoms with E-state index < -0.39 is 4.92 Å². The van der Waals surface area contributed by atoms with Crippen LogP contribution in [-0.4, -0.2) is 10.0 Å². The smallest absolute Gasteiger partial charge is 0.269 e. The molecule has 104 valence electrons. The number of rotatable bonds is 4. The van der Waals surface area contributed by atoms with Crippen LogP contribution in [0.1, 0.15) is 5.56 Å². The van der Waals surface area contributed by atoms with Crippen LogP contribution < -0.4 is 5.32 Å². The summed E-state index contributed by atoms with van der Waals surface area (Å²) in [5.41, 5.74) is 1.26. The van der Waals surface area contributed by atoms with E-state index in [9.17, 15) is 15.2 Å². The van der Waals surface area contributed by atoms with Crippen molar-refractivity contribution in [2.75, 3.05) is 5.32 Å². The Morgan fingerprint density at radius 3 is 2.55 bits per heavy atom. The molecule has 5 nitrogen and oxygen atoms in total. The van der Waals surface area contributed by atoms with Crippen molar-refractivity contribution >= 4 is 34.6 Å². The van der Waals surface area contributed by atoms with Gasteiger partial charge in [-0.1, -0.05) is 23.2 Å². The zero-order valence-corrected chi connectivity index (χ0v) is 11.6. The minimum Gasteiger partial charge on any atom is -0.506 e. The first-order valence-electron chi connectivity index (χ1n) is 5.62. The monoisotopic (exact) mass is 312 g/mol. The third kappa shape index (κ3) is 3.31. The van der Waals surface area contributed by atoms with E-state index in [1.807, 2.05) is 0 Å². The van der Waals surface area contributed by atoms with Crippen LogP contribution in [0.15, 0.2) is 36.4 Å². The standard InChI is InChI=1S/C13H10Cl2N2O3/c14-11-3-2-10(17(19)20)5-8(11)7-16-9-1-4-13(18)12(15)6-9/h1-6,16,18H,7H2. The number of halogens is 2. The van der Waals surface area contributed by atoms with Crippen LogP contribution in [0.2, 0.25) is 10.0 Å². The normalized spacial score (nSPS) is 10.3. The van der Waals surface area contributed by atoms with Crippen molar-refractivity contribution in [1.82, 2.24) is 0 Å². The molecule has 0 spiro atoms. The van der Waals surface area contributed by atoms with E-state index in [2.05, 4.69) is 5.32 Å². The number of benzene rings is 2. The molecule has 0 saturated carbocycles. The first kappa shape index (κ1) is 14.4. The van der Waals surface area contributed by atoms with Crippen molar-refractivity contribution in [2.24, 2.45) is 0 Å². The molecule has 2 aromatic carbocycles. The fourth-order valence-electron chi connectivity index (χ4n) is 1.62. The highest BCUT2D eigenvalue weighted by atomic mass is 35.5. The number of non-ortho nitro benzene ring substituents is 1. The molecule has 0 aliphatic heterocycles. The molecule has 20 heavy (non-hydrogen) atoms. The molecule has 0 aromatic heterocycles. The first-order valence-corrected chi connectivity index (χ1v) is 6.38. The number of nitrogens with zero attached hydrogens (tertiary/aromatic N) is 1. The number of hydrogen-bond acceptors (Lipinski definition) is 4. The number of phenols is 1. The maximum atomic E-state index is 10.7. The molecule has 0 aliphatic rings. The molecule has 0 heterocycles. The second-order valence-electron chi connectivity index (χ2n) is 4.05. The van der Waals surface area contributed by atoms with Crippen molar-refractivity contribution < 1.29 is 10.0 Å². The fourth-order valence-corrected chi connectivity index (χ4v) is 1.99. The molecule has 0 atom stereocenters. The van der Waals surface area contributed by atoms with E-state index in [-0.39, 0.29) is 16.5 Å². The first-order chi connectivity index (χ1) is 9.47. The summed E-state index contributed by atoms with van der Waals surface area (Å²) in [5.74, 6) is -0.00871. The van der Waals surface area contributed by atoms with E-state index in [1.165, 1.54) is 24.3 Å². The molecule has 0 fully saturated rings. The summed E-state index contributed by atoms with van der Waals surface area (Å²) in [6.45, 7) is 0.307. The van der Waals surface area contributed by atoms with Gasteiger partial charge in [0.1, 0.15) is 5.75 Å². The van der Waals surface area contributed by atoms with Crippen LogP contribution in [0.25, 0.3) is 0 Å². The van der Waals surface area contributed by atoms with Gasteiger partial charge in [-0.05, 0) is 29.8 Å². The van der Waals surface area contributed by atoms with Crippen LogP contribution in [0.3, 0.4) is 0 Å². The van der Waals surface area contributed by atoms with E-state index in [4.69, 9.17) is 23.2 Å². The second kappa shape index (κ2) is 5.98. The lowest BCUT2D eigenvalue weighted by Gasteiger charge is -2.09. The number of nitro groups is 1. The van der Waals surface area contributed by atoms with Crippen LogP contribution in [0.5, 0.6) is 5.75 Å². The number of anilines is 1. The van der Waals surface area contributed by atoms with Crippen molar-refractivity contribution in [2.45, 2.75) is 6.54 Å². The van der Waals surface area contributed by atoms with Crippen LogP contribution in [0, 0.1) is 10.1 Å². The Morgan fingerprint density at radius 2 is 1.90 bits per heavy atom. The van der Waals surface area contributed by atoms with Crippen LogP contribution >= 0.6 is 23.2 Å². The zero-order valence-electron chi connectivity index (χ0n) is 10.1. The molecule has 0 amide bonds. The largest absolute Gasteiger partial charge is 0.506 e. The Balaban J connectivity index is 2.15. The molecule has 0 unspecified atom stereocenters. The molecule has 0 bridgehead atoms. The SMILES string of the molecule is O=[N+]([O-])c1ccc(Cl)c(CNc2ccc(O)c(Cl)c2)c1. The number of phenolic OH excluding ortho intramolecular Hbond substituents is 1. The summed E-state index contributed by atoms with van der Waals surface area (Å²) in [4.78, 5) is 10.2. The second-order valence-corrected chi connectivity index (χ2v) is 4.87. The minimum absolute atomic E-state index is 0.00871. The lowest BCUT2D eigenvalue weighted by atomic mass is 10.2. The molecule has 0 saturated heterocycles. The van der Waals surface area contributed by atoms with Crippen LogP contribution in [-0.2, 0) is 6.54 Å². The minimum atomic E-state index is -0.475. The molecule has 2 rings (SSSR count). The van der Waals surface area contributed by atoms with Crippen LogP contribution in [0.4, 0.5) is 11.4 Å².